The van der Waals surface area contributed by atoms with Gasteiger partial charge in [-0.15, -0.1) is 0 Å². The van der Waals surface area contributed by atoms with Gasteiger partial charge in [-0.2, -0.15) is 11.8 Å². The minimum absolute atomic E-state index is 0.0939. The standard InChI is InChI=1S/C20H30N4O6S/c1-12(22-18(27)14(21)11-25)17(26)23-15(8-9-31-2)19(28)24-16(20(29)30)10-13-6-4-3-5-7-13/h3-7,12,14-16,25H,8-11,21H2,1-2H3,(H,22,27)(H,23,26)(H,24,28)(H,29,30). The summed E-state index contributed by atoms with van der Waals surface area (Å²) in [5.74, 6) is -2.61. The van der Waals surface area contributed by atoms with Crippen molar-refractivity contribution >= 4 is 35.5 Å². The number of amides is 3. The average molecular weight is 455 g/mol. The molecule has 3 amide bonds. The van der Waals surface area contributed by atoms with Gasteiger partial charge in [0, 0.05) is 6.42 Å². The molecule has 0 saturated heterocycles. The third-order valence-electron chi connectivity index (χ3n) is 4.43. The molecule has 7 N–H and O–H groups in total. The van der Waals surface area contributed by atoms with Gasteiger partial charge in [0.1, 0.15) is 24.2 Å². The van der Waals surface area contributed by atoms with Crippen LogP contribution in [-0.4, -0.2) is 76.7 Å². The Labute approximate surface area is 185 Å². The summed E-state index contributed by atoms with van der Waals surface area (Å²) >= 11 is 1.47. The molecule has 4 atom stereocenters. The van der Waals surface area contributed by atoms with Gasteiger partial charge in [-0.1, -0.05) is 30.3 Å². The van der Waals surface area contributed by atoms with Crippen LogP contribution in [-0.2, 0) is 25.6 Å². The van der Waals surface area contributed by atoms with Gasteiger partial charge in [-0.3, -0.25) is 14.4 Å². The lowest BCUT2D eigenvalue weighted by atomic mass is 10.1. The third kappa shape index (κ3) is 9.37. The fourth-order valence-corrected chi connectivity index (χ4v) is 3.06. The van der Waals surface area contributed by atoms with Gasteiger partial charge in [0.05, 0.1) is 6.61 Å². The molecule has 1 rings (SSSR count). The Kier molecular flexibility index (Phi) is 11.6. The molecule has 0 fully saturated rings. The van der Waals surface area contributed by atoms with E-state index in [1.807, 2.05) is 6.26 Å². The molecule has 1 aromatic carbocycles. The van der Waals surface area contributed by atoms with Crippen molar-refractivity contribution in [3.8, 4) is 0 Å². The SMILES string of the molecule is CSCCC(NC(=O)C(C)NC(=O)C(N)CO)C(=O)NC(Cc1ccccc1)C(=O)O. The first-order valence-electron chi connectivity index (χ1n) is 9.72. The Morgan fingerprint density at radius 1 is 1.00 bits per heavy atom. The third-order valence-corrected chi connectivity index (χ3v) is 5.07. The van der Waals surface area contributed by atoms with E-state index < -0.39 is 54.5 Å². The van der Waals surface area contributed by atoms with E-state index in [-0.39, 0.29) is 12.8 Å². The number of thioether (sulfide) groups is 1. The fraction of sp³-hybridized carbons (Fsp3) is 0.500. The first-order chi connectivity index (χ1) is 14.7. The fourth-order valence-electron chi connectivity index (χ4n) is 2.59. The van der Waals surface area contributed by atoms with Crippen molar-refractivity contribution in [3.63, 3.8) is 0 Å². The summed E-state index contributed by atoms with van der Waals surface area (Å²) in [6.07, 6.45) is 2.20. The van der Waals surface area contributed by atoms with Crippen LogP contribution in [0.1, 0.15) is 18.9 Å². The molecule has 1 aromatic rings. The van der Waals surface area contributed by atoms with Crippen LogP contribution in [0.3, 0.4) is 0 Å². The highest BCUT2D eigenvalue weighted by molar-refractivity contribution is 7.98. The highest BCUT2D eigenvalue weighted by Crippen LogP contribution is 2.06. The van der Waals surface area contributed by atoms with Crippen LogP contribution in [0.2, 0.25) is 0 Å². The second kappa shape index (κ2) is 13.6. The maximum atomic E-state index is 12.8. The summed E-state index contributed by atoms with van der Waals surface area (Å²) in [7, 11) is 0. The van der Waals surface area contributed by atoms with Crippen LogP contribution in [0.5, 0.6) is 0 Å². The number of hydrogen-bond acceptors (Lipinski definition) is 7. The van der Waals surface area contributed by atoms with Gasteiger partial charge < -0.3 is 31.9 Å². The van der Waals surface area contributed by atoms with Crippen molar-refractivity contribution in [3.05, 3.63) is 35.9 Å². The van der Waals surface area contributed by atoms with Crippen LogP contribution in [0.25, 0.3) is 0 Å². The molecule has 0 aromatic heterocycles. The number of hydrogen-bond donors (Lipinski definition) is 6. The van der Waals surface area contributed by atoms with Crippen molar-refractivity contribution in [2.24, 2.45) is 5.73 Å². The number of aliphatic carboxylic acids is 1. The van der Waals surface area contributed by atoms with E-state index in [9.17, 15) is 24.3 Å². The summed E-state index contributed by atoms with van der Waals surface area (Å²) in [6.45, 7) is 0.841. The molecule has 31 heavy (non-hydrogen) atoms. The van der Waals surface area contributed by atoms with Gasteiger partial charge >= 0.3 is 5.97 Å². The Morgan fingerprint density at radius 2 is 1.61 bits per heavy atom. The number of carbonyl (C=O) groups excluding carboxylic acids is 3. The lowest BCUT2D eigenvalue weighted by Crippen LogP contribution is -2.57. The normalized spacial score (nSPS) is 14.6. The van der Waals surface area contributed by atoms with Crippen molar-refractivity contribution in [2.75, 3.05) is 18.6 Å². The van der Waals surface area contributed by atoms with Gasteiger partial charge in [-0.25, -0.2) is 4.79 Å². The molecule has 0 radical (unpaired) electrons. The van der Waals surface area contributed by atoms with Gasteiger partial charge in [0.2, 0.25) is 17.7 Å². The molecular formula is C20H30N4O6S. The zero-order valence-corrected chi connectivity index (χ0v) is 18.4. The predicted octanol–water partition coefficient (Wildman–Crippen LogP) is -1.14. The number of benzene rings is 1. The zero-order chi connectivity index (χ0) is 23.4. The topological polar surface area (TPSA) is 171 Å². The number of rotatable bonds is 13. The summed E-state index contributed by atoms with van der Waals surface area (Å²) in [4.78, 5) is 48.6. The van der Waals surface area contributed by atoms with Crippen LogP contribution < -0.4 is 21.7 Å². The van der Waals surface area contributed by atoms with Crippen molar-refractivity contribution < 1.29 is 29.4 Å². The molecule has 11 heteroatoms. The van der Waals surface area contributed by atoms with Crippen molar-refractivity contribution in [1.82, 2.24) is 16.0 Å². The van der Waals surface area contributed by atoms with Crippen LogP contribution in [0, 0.1) is 0 Å². The van der Waals surface area contributed by atoms with Crippen LogP contribution >= 0.6 is 11.8 Å². The Morgan fingerprint density at radius 3 is 2.16 bits per heavy atom. The molecule has 0 aliphatic carbocycles. The molecule has 0 aliphatic heterocycles. The molecule has 172 valence electrons. The van der Waals surface area contributed by atoms with Crippen LogP contribution in [0.15, 0.2) is 30.3 Å². The van der Waals surface area contributed by atoms with E-state index in [0.29, 0.717) is 5.75 Å². The Bertz CT molecular complexity index is 748. The number of aliphatic hydroxyl groups excluding tert-OH is 1. The number of nitrogens with one attached hydrogen (secondary N) is 3. The molecule has 0 aliphatic rings. The minimum Gasteiger partial charge on any atom is -0.480 e. The second-order valence-corrected chi connectivity index (χ2v) is 7.94. The zero-order valence-electron chi connectivity index (χ0n) is 17.5. The molecule has 0 bridgehead atoms. The first kappa shape index (κ1) is 26.4. The number of carboxylic acid groups (broad SMARTS) is 1. The maximum Gasteiger partial charge on any atom is 0.326 e. The molecule has 10 nitrogen and oxygen atoms in total. The molecule has 4 unspecified atom stereocenters. The van der Waals surface area contributed by atoms with Crippen molar-refractivity contribution in [2.45, 2.75) is 43.9 Å². The minimum atomic E-state index is -1.19. The van der Waals surface area contributed by atoms with E-state index >= 15 is 0 Å². The molecule has 0 saturated carbocycles. The van der Waals surface area contributed by atoms with E-state index in [0.717, 1.165) is 5.56 Å². The van der Waals surface area contributed by atoms with E-state index in [1.165, 1.54) is 18.7 Å². The summed E-state index contributed by atoms with van der Waals surface area (Å²) in [6, 6.07) is 4.55. The number of aliphatic hydroxyl groups is 1. The van der Waals surface area contributed by atoms with Gasteiger partial charge in [0.25, 0.3) is 0 Å². The summed E-state index contributed by atoms with van der Waals surface area (Å²) in [5, 5.41) is 25.8. The van der Waals surface area contributed by atoms with E-state index in [1.54, 1.807) is 30.3 Å². The van der Waals surface area contributed by atoms with Gasteiger partial charge in [0.15, 0.2) is 0 Å². The van der Waals surface area contributed by atoms with Gasteiger partial charge in [-0.05, 0) is 30.9 Å². The maximum absolute atomic E-state index is 12.8. The Balaban J connectivity index is 2.81. The molecular weight excluding hydrogens is 424 g/mol. The van der Waals surface area contributed by atoms with Crippen LogP contribution in [0.4, 0.5) is 0 Å². The largest absolute Gasteiger partial charge is 0.480 e. The van der Waals surface area contributed by atoms with E-state index in [2.05, 4.69) is 16.0 Å². The van der Waals surface area contributed by atoms with Crippen molar-refractivity contribution in [1.29, 1.82) is 0 Å². The van der Waals surface area contributed by atoms with E-state index in [4.69, 9.17) is 10.8 Å². The highest BCUT2D eigenvalue weighted by Gasteiger charge is 2.28. The number of carbonyl (C=O) groups is 4. The molecule has 0 spiro atoms. The average Bonchev–Trinajstić information content (AvgIpc) is 2.75. The lowest BCUT2D eigenvalue weighted by Gasteiger charge is -2.23. The second-order valence-electron chi connectivity index (χ2n) is 6.95. The Hall–Kier alpha value is -2.63. The summed E-state index contributed by atoms with van der Waals surface area (Å²) in [5.41, 5.74) is 6.16. The first-order valence-corrected chi connectivity index (χ1v) is 11.1. The predicted molar refractivity (Wildman–Crippen MR) is 117 cm³/mol. The quantitative estimate of drug-likeness (QED) is 0.217. The smallest absolute Gasteiger partial charge is 0.326 e. The highest BCUT2D eigenvalue weighted by atomic mass is 32.2. The summed E-state index contributed by atoms with van der Waals surface area (Å²) < 4.78 is 0. The molecule has 0 heterocycles. The number of carboxylic acids is 1. The lowest BCUT2D eigenvalue weighted by molar-refractivity contribution is -0.142. The monoisotopic (exact) mass is 454 g/mol. The number of nitrogens with two attached hydrogens (primary N) is 1.